The van der Waals surface area contributed by atoms with Crippen LogP contribution in [0.1, 0.15) is 55.5 Å². The molecule has 178 valence electrons. The Morgan fingerprint density at radius 1 is 1.15 bits per heavy atom. The molecule has 0 unspecified atom stereocenters. The number of anilines is 1. The highest BCUT2D eigenvalue weighted by Crippen LogP contribution is 2.26. The van der Waals surface area contributed by atoms with E-state index >= 15 is 0 Å². The summed E-state index contributed by atoms with van der Waals surface area (Å²) in [7, 11) is -3.06. The molecule has 0 radical (unpaired) electrons. The maximum atomic E-state index is 13.1. The molecule has 0 aliphatic heterocycles. The fourth-order valence-electron chi connectivity index (χ4n) is 4.22. The van der Waals surface area contributed by atoms with Gasteiger partial charge < -0.3 is 10.6 Å². The monoisotopic (exact) mass is 481 g/mol. The number of carbonyl (C=O) groups excluding carboxylic acids is 1. The second-order valence-electron chi connectivity index (χ2n) is 8.97. The van der Waals surface area contributed by atoms with E-state index in [0.717, 1.165) is 0 Å². The Hall–Kier alpha value is -3.52. The molecule has 0 spiro atoms. The molecule has 2 N–H and O–H groups in total. The van der Waals surface area contributed by atoms with Crippen LogP contribution in [0.25, 0.3) is 16.9 Å². The smallest absolute Gasteiger partial charge is 0.255 e. The molecular formula is C23H27N7O3S. The zero-order valence-corrected chi connectivity index (χ0v) is 20.1. The third kappa shape index (κ3) is 5.02. The van der Waals surface area contributed by atoms with E-state index < -0.39 is 9.84 Å². The van der Waals surface area contributed by atoms with Crippen molar-refractivity contribution in [3.8, 4) is 11.9 Å². The third-order valence-electron chi connectivity index (χ3n) is 5.95. The van der Waals surface area contributed by atoms with E-state index in [9.17, 15) is 13.2 Å². The zero-order valence-electron chi connectivity index (χ0n) is 19.3. The van der Waals surface area contributed by atoms with Gasteiger partial charge in [-0.3, -0.25) is 4.79 Å². The molecule has 1 aliphatic rings. The summed E-state index contributed by atoms with van der Waals surface area (Å²) >= 11 is 0. The molecule has 3 aromatic rings. The standard InChI is InChI=1S/C23H27N7O3S/c1-14(2)28-20-9-21(30-22-16(12-27-30)8-15(10-24)11-26-22)25-13-19(20)23(31)29-17-4-6-18(7-5-17)34(3,32)33/h8-9,11-14,17-18H,4-7H2,1-3H3,(H,25,28)(H,29,31)/t17-,18-. The molecule has 11 heteroatoms. The van der Waals surface area contributed by atoms with E-state index in [-0.39, 0.29) is 23.2 Å². The summed E-state index contributed by atoms with van der Waals surface area (Å²) in [6.45, 7) is 3.95. The van der Waals surface area contributed by atoms with Crippen molar-refractivity contribution in [3.63, 3.8) is 0 Å². The summed E-state index contributed by atoms with van der Waals surface area (Å²) in [6, 6.07) is 5.51. The van der Waals surface area contributed by atoms with Crippen molar-refractivity contribution in [1.29, 1.82) is 5.26 Å². The first-order chi connectivity index (χ1) is 16.2. The number of rotatable bonds is 6. The summed E-state index contributed by atoms with van der Waals surface area (Å²) in [6.07, 6.45) is 8.22. The van der Waals surface area contributed by atoms with Crippen molar-refractivity contribution in [2.75, 3.05) is 11.6 Å². The van der Waals surface area contributed by atoms with Crippen molar-refractivity contribution in [3.05, 3.63) is 41.9 Å². The number of pyridine rings is 2. The summed E-state index contributed by atoms with van der Waals surface area (Å²) < 4.78 is 25.2. The second-order valence-corrected chi connectivity index (χ2v) is 11.3. The molecule has 1 aliphatic carbocycles. The number of fused-ring (bicyclic) bond motifs is 1. The zero-order chi connectivity index (χ0) is 24.5. The van der Waals surface area contributed by atoms with Gasteiger partial charge in [0.05, 0.1) is 28.3 Å². The number of amides is 1. The average molecular weight is 482 g/mol. The normalized spacial score (nSPS) is 18.6. The van der Waals surface area contributed by atoms with Crippen LogP contribution in [0, 0.1) is 11.3 Å². The summed E-state index contributed by atoms with van der Waals surface area (Å²) in [4.78, 5) is 21.9. The van der Waals surface area contributed by atoms with Crippen LogP contribution >= 0.6 is 0 Å². The molecule has 0 atom stereocenters. The van der Waals surface area contributed by atoms with E-state index in [1.54, 1.807) is 23.0 Å². The van der Waals surface area contributed by atoms with Gasteiger partial charge in [-0.15, -0.1) is 0 Å². The number of carbonyl (C=O) groups is 1. The first kappa shape index (κ1) is 23.6. The molecular weight excluding hydrogens is 454 g/mol. The Bertz CT molecular complexity index is 1370. The van der Waals surface area contributed by atoms with Crippen molar-refractivity contribution in [1.82, 2.24) is 25.1 Å². The molecule has 4 rings (SSSR count). The van der Waals surface area contributed by atoms with Gasteiger partial charge in [-0.2, -0.15) is 15.0 Å². The van der Waals surface area contributed by atoms with Crippen LogP contribution in [-0.2, 0) is 9.84 Å². The minimum absolute atomic E-state index is 0.0673. The Labute approximate surface area is 198 Å². The van der Waals surface area contributed by atoms with Gasteiger partial charge >= 0.3 is 0 Å². The molecule has 0 aromatic carbocycles. The molecule has 0 saturated heterocycles. The Kier molecular flexibility index (Phi) is 6.52. The van der Waals surface area contributed by atoms with Crippen LogP contribution < -0.4 is 10.6 Å². The van der Waals surface area contributed by atoms with Crippen LogP contribution in [0.15, 0.2) is 30.7 Å². The predicted molar refractivity (Wildman–Crippen MR) is 128 cm³/mol. The molecule has 1 fully saturated rings. The van der Waals surface area contributed by atoms with E-state index in [1.807, 2.05) is 13.8 Å². The number of aromatic nitrogens is 4. The number of nitrogens with zero attached hydrogens (tertiary/aromatic N) is 5. The Balaban J connectivity index is 1.58. The quantitative estimate of drug-likeness (QED) is 0.547. The maximum Gasteiger partial charge on any atom is 0.255 e. The molecule has 0 bridgehead atoms. The van der Waals surface area contributed by atoms with E-state index in [0.29, 0.717) is 59.3 Å². The number of nitrogens with one attached hydrogen (secondary N) is 2. The summed E-state index contributed by atoms with van der Waals surface area (Å²) in [5.74, 6) is 0.229. The van der Waals surface area contributed by atoms with E-state index in [4.69, 9.17) is 5.26 Å². The van der Waals surface area contributed by atoms with E-state index in [2.05, 4.69) is 31.8 Å². The fraction of sp³-hybridized carbons (Fsp3) is 0.435. The number of sulfone groups is 1. The number of nitriles is 1. The SMILES string of the molecule is CC(C)Nc1cc(-n2ncc3cc(C#N)cnc32)ncc1C(=O)N[C@H]1CC[C@H](S(C)(=O)=O)CC1. The molecule has 1 amide bonds. The Morgan fingerprint density at radius 2 is 1.88 bits per heavy atom. The maximum absolute atomic E-state index is 13.1. The van der Waals surface area contributed by atoms with Gasteiger partial charge in [-0.05, 0) is 45.6 Å². The van der Waals surface area contributed by atoms with Crippen molar-refractivity contribution in [2.45, 2.75) is 56.9 Å². The lowest BCUT2D eigenvalue weighted by molar-refractivity contribution is 0.0928. The minimum Gasteiger partial charge on any atom is -0.382 e. The first-order valence-corrected chi connectivity index (χ1v) is 13.1. The third-order valence-corrected chi connectivity index (χ3v) is 7.63. The minimum atomic E-state index is -3.06. The van der Waals surface area contributed by atoms with Crippen LogP contribution in [-0.4, -0.2) is 57.7 Å². The highest BCUT2D eigenvalue weighted by molar-refractivity contribution is 7.91. The van der Waals surface area contributed by atoms with Crippen LogP contribution in [0.4, 0.5) is 5.69 Å². The van der Waals surface area contributed by atoms with Gasteiger partial charge in [0.15, 0.2) is 11.5 Å². The molecule has 3 heterocycles. The molecule has 1 saturated carbocycles. The average Bonchev–Trinajstić information content (AvgIpc) is 3.21. The lowest BCUT2D eigenvalue weighted by atomic mass is 9.94. The lowest BCUT2D eigenvalue weighted by Gasteiger charge is -2.28. The fourth-order valence-corrected chi connectivity index (χ4v) is 5.35. The lowest BCUT2D eigenvalue weighted by Crippen LogP contribution is -2.40. The highest BCUT2D eigenvalue weighted by atomic mass is 32.2. The molecule has 3 aromatic heterocycles. The van der Waals surface area contributed by atoms with Gasteiger partial charge in [0, 0.05) is 42.2 Å². The summed E-state index contributed by atoms with van der Waals surface area (Å²) in [5.41, 5.74) is 2.01. The topological polar surface area (TPSA) is 143 Å². The molecule has 10 nitrogen and oxygen atoms in total. The van der Waals surface area contributed by atoms with Gasteiger partial charge in [-0.25, -0.2) is 18.4 Å². The predicted octanol–water partition coefficient (Wildman–Crippen LogP) is 2.59. The van der Waals surface area contributed by atoms with Gasteiger partial charge in [0.2, 0.25) is 0 Å². The largest absolute Gasteiger partial charge is 0.382 e. The van der Waals surface area contributed by atoms with Crippen molar-refractivity contribution >= 4 is 32.5 Å². The van der Waals surface area contributed by atoms with E-state index in [1.165, 1.54) is 18.6 Å². The highest BCUT2D eigenvalue weighted by Gasteiger charge is 2.29. The number of hydrogen-bond acceptors (Lipinski definition) is 8. The Morgan fingerprint density at radius 3 is 2.53 bits per heavy atom. The number of hydrogen-bond donors (Lipinski definition) is 2. The van der Waals surface area contributed by atoms with Crippen molar-refractivity contribution < 1.29 is 13.2 Å². The second kappa shape index (κ2) is 9.38. The summed E-state index contributed by atoms with van der Waals surface area (Å²) in [5, 5.41) is 20.2. The van der Waals surface area contributed by atoms with Gasteiger partial charge in [0.1, 0.15) is 15.9 Å². The molecule has 34 heavy (non-hydrogen) atoms. The van der Waals surface area contributed by atoms with Crippen LogP contribution in [0.3, 0.4) is 0 Å². The van der Waals surface area contributed by atoms with Crippen LogP contribution in [0.5, 0.6) is 0 Å². The van der Waals surface area contributed by atoms with Gasteiger partial charge in [0.25, 0.3) is 5.91 Å². The van der Waals surface area contributed by atoms with Crippen LogP contribution in [0.2, 0.25) is 0 Å². The first-order valence-electron chi connectivity index (χ1n) is 11.2. The van der Waals surface area contributed by atoms with Gasteiger partial charge in [-0.1, -0.05) is 0 Å². The van der Waals surface area contributed by atoms with Crippen molar-refractivity contribution in [2.24, 2.45) is 0 Å².